The summed E-state index contributed by atoms with van der Waals surface area (Å²) >= 11 is 6.43. The number of halogens is 1. The lowest BCUT2D eigenvalue weighted by atomic mass is 9.96. The zero-order valence-corrected chi connectivity index (χ0v) is 24.7. The van der Waals surface area contributed by atoms with Gasteiger partial charge in [0.05, 0.1) is 24.2 Å². The molecule has 0 aliphatic rings. The van der Waals surface area contributed by atoms with Crippen LogP contribution in [0.2, 0.25) is 5.02 Å². The fourth-order valence-electron chi connectivity index (χ4n) is 5.22. The first-order valence-electron chi connectivity index (χ1n) is 13.3. The number of benzene rings is 3. The van der Waals surface area contributed by atoms with E-state index in [0.717, 1.165) is 50.6 Å². The third kappa shape index (κ3) is 4.73. The van der Waals surface area contributed by atoms with Gasteiger partial charge in [-0.1, -0.05) is 43.6 Å². The Hall–Kier alpha value is -4.16. The highest BCUT2D eigenvalue weighted by Gasteiger charge is 2.19. The van der Waals surface area contributed by atoms with Gasteiger partial charge in [0.15, 0.2) is 5.82 Å². The Bertz CT molecular complexity index is 1850. The van der Waals surface area contributed by atoms with Gasteiger partial charge >= 0.3 is 0 Å². The van der Waals surface area contributed by atoms with Crippen LogP contribution in [0.4, 0.5) is 0 Å². The first-order chi connectivity index (χ1) is 19.1. The van der Waals surface area contributed by atoms with E-state index < -0.39 is 0 Å². The van der Waals surface area contributed by atoms with Crippen molar-refractivity contribution in [1.82, 2.24) is 14.2 Å². The Morgan fingerprint density at radius 1 is 1.00 bits per heavy atom. The number of aryl methyl sites for hydroxylation is 2. The monoisotopic (exact) mass is 552 g/mol. The quantitative estimate of drug-likeness (QED) is 0.202. The maximum Gasteiger partial charge on any atom is 0.282 e. The number of fused-ring (bicyclic) bond motifs is 1. The second-order valence-corrected chi connectivity index (χ2v) is 10.8. The second kappa shape index (κ2) is 10.8. The van der Waals surface area contributed by atoms with Gasteiger partial charge in [-0.3, -0.25) is 4.79 Å². The molecule has 0 unspecified atom stereocenters. The van der Waals surface area contributed by atoms with Gasteiger partial charge in [0.1, 0.15) is 5.75 Å². The molecule has 7 heteroatoms. The van der Waals surface area contributed by atoms with Crippen molar-refractivity contribution in [2.75, 3.05) is 7.11 Å². The van der Waals surface area contributed by atoms with Crippen molar-refractivity contribution in [3.63, 3.8) is 0 Å². The smallest absolute Gasteiger partial charge is 0.282 e. The van der Waals surface area contributed by atoms with Crippen molar-refractivity contribution in [3.05, 3.63) is 110 Å². The SMILES string of the molecule is COc1cc(C)c(-c2nc3ccccc3c(=O)n2N=Cc2cc(C)n(-c3cccc(Cl)c3C)c2C)cc1C(C)C. The fraction of sp³-hybridized carbons (Fsp3) is 0.242. The zero-order valence-electron chi connectivity index (χ0n) is 23.9. The molecule has 0 atom stereocenters. The fourth-order valence-corrected chi connectivity index (χ4v) is 5.39. The summed E-state index contributed by atoms with van der Waals surface area (Å²) in [6, 6.07) is 19.4. The third-order valence-electron chi connectivity index (χ3n) is 7.46. The number of rotatable bonds is 6. The van der Waals surface area contributed by atoms with Crippen LogP contribution in [0, 0.1) is 27.7 Å². The maximum atomic E-state index is 13.8. The van der Waals surface area contributed by atoms with Gasteiger partial charge in [-0.25, -0.2) is 4.98 Å². The number of aromatic nitrogens is 3. The van der Waals surface area contributed by atoms with Gasteiger partial charge in [-0.2, -0.15) is 9.78 Å². The van der Waals surface area contributed by atoms with Crippen LogP contribution in [-0.2, 0) is 0 Å². The van der Waals surface area contributed by atoms with Crippen LogP contribution in [0.3, 0.4) is 0 Å². The molecule has 0 aliphatic heterocycles. The second-order valence-electron chi connectivity index (χ2n) is 10.4. The van der Waals surface area contributed by atoms with Crippen molar-refractivity contribution in [1.29, 1.82) is 0 Å². The topological polar surface area (TPSA) is 61.4 Å². The number of methoxy groups -OCH3 is 1. The van der Waals surface area contributed by atoms with Gasteiger partial charge < -0.3 is 9.30 Å². The first-order valence-corrected chi connectivity index (χ1v) is 13.7. The summed E-state index contributed by atoms with van der Waals surface area (Å²) in [5.41, 5.74) is 8.19. The lowest BCUT2D eigenvalue weighted by molar-refractivity contribution is 0.407. The Kier molecular flexibility index (Phi) is 7.39. The van der Waals surface area contributed by atoms with Crippen molar-refractivity contribution in [2.45, 2.75) is 47.5 Å². The van der Waals surface area contributed by atoms with Gasteiger partial charge in [0.25, 0.3) is 5.56 Å². The summed E-state index contributed by atoms with van der Waals surface area (Å²) in [6.07, 6.45) is 1.74. The van der Waals surface area contributed by atoms with Crippen LogP contribution in [0.15, 0.2) is 70.6 Å². The van der Waals surface area contributed by atoms with Gasteiger partial charge in [-0.15, -0.1) is 0 Å². The molecule has 0 N–H and O–H groups in total. The summed E-state index contributed by atoms with van der Waals surface area (Å²) in [5, 5.41) is 5.99. The molecule has 0 amide bonds. The normalized spacial score (nSPS) is 11.7. The Labute approximate surface area is 239 Å². The summed E-state index contributed by atoms with van der Waals surface area (Å²) in [5.74, 6) is 1.53. The molecule has 2 aromatic heterocycles. The van der Waals surface area contributed by atoms with Gasteiger partial charge in [0.2, 0.25) is 0 Å². The predicted molar refractivity (Wildman–Crippen MR) is 165 cm³/mol. The molecule has 0 bridgehead atoms. The zero-order chi connectivity index (χ0) is 28.7. The number of ether oxygens (including phenoxy) is 1. The van der Waals surface area contributed by atoms with E-state index in [1.165, 1.54) is 4.68 Å². The number of para-hydroxylation sites is 1. The van der Waals surface area contributed by atoms with E-state index in [9.17, 15) is 4.79 Å². The molecule has 40 heavy (non-hydrogen) atoms. The maximum absolute atomic E-state index is 13.8. The minimum Gasteiger partial charge on any atom is -0.496 e. The number of nitrogens with zero attached hydrogens (tertiary/aromatic N) is 4. The lowest BCUT2D eigenvalue weighted by Gasteiger charge is -2.17. The largest absolute Gasteiger partial charge is 0.496 e. The predicted octanol–water partition coefficient (Wildman–Crippen LogP) is 7.76. The molecular formula is C33H33ClN4O2. The van der Waals surface area contributed by atoms with Crippen molar-refractivity contribution in [2.24, 2.45) is 5.10 Å². The highest BCUT2D eigenvalue weighted by atomic mass is 35.5. The highest BCUT2D eigenvalue weighted by molar-refractivity contribution is 6.31. The summed E-state index contributed by atoms with van der Waals surface area (Å²) in [7, 11) is 1.68. The van der Waals surface area contributed by atoms with E-state index in [-0.39, 0.29) is 11.5 Å². The Balaban J connectivity index is 1.72. The molecule has 204 valence electrons. The molecule has 6 nitrogen and oxygen atoms in total. The van der Waals surface area contributed by atoms with Crippen LogP contribution < -0.4 is 10.3 Å². The highest BCUT2D eigenvalue weighted by Crippen LogP contribution is 2.34. The van der Waals surface area contributed by atoms with E-state index >= 15 is 0 Å². The average Bonchev–Trinajstić information content (AvgIpc) is 3.21. The summed E-state index contributed by atoms with van der Waals surface area (Å²) in [4.78, 5) is 18.8. The van der Waals surface area contributed by atoms with Crippen LogP contribution in [0.1, 0.15) is 53.4 Å². The minimum atomic E-state index is -0.224. The molecule has 2 heterocycles. The Morgan fingerprint density at radius 2 is 1.75 bits per heavy atom. The minimum absolute atomic E-state index is 0.221. The number of hydrogen-bond donors (Lipinski definition) is 0. The van der Waals surface area contributed by atoms with Crippen molar-refractivity contribution < 1.29 is 4.74 Å². The van der Waals surface area contributed by atoms with Gasteiger partial charge in [-0.05, 0) is 92.8 Å². The van der Waals surface area contributed by atoms with Crippen LogP contribution in [0.5, 0.6) is 5.75 Å². The molecule has 0 fully saturated rings. The van der Waals surface area contributed by atoms with Gasteiger partial charge in [0, 0.05) is 33.2 Å². The molecular weight excluding hydrogens is 520 g/mol. The van der Waals surface area contributed by atoms with E-state index in [1.54, 1.807) is 19.4 Å². The van der Waals surface area contributed by atoms with Crippen molar-refractivity contribution >= 4 is 28.7 Å². The average molecular weight is 553 g/mol. The lowest BCUT2D eigenvalue weighted by Crippen LogP contribution is -2.21. The third-order valence-corrected chi connectivity index (χ3v) is 7.87. The molecule has 0 radical (unpaired) electrons. The summed E-state index contributed by atoms with van der Waals surface area (Å²) < 4.78 is 9.23. The Morgan fingerprint density at radius 3 is 2.48 bits per heavy atom. The molecule has 0 aliphatic carbocycles. The number of hydrogen-bond acceptors (Lipinski definition) is 4. The van der Waals surface area contributed by atoms with E-state index in [0.29, 0.717) is 21.7 Å². The van der Waals surface area contributed by atoms with Crippen molar-refractivity contribution in [3.8, 4) is 22.8 Å². The van der Waals surface area contributed by atoms with E-state index in [1.807, 2.05) is 64.1 Å². The van der Waals surface area contributed by atoms with Crippen LogP contribution >= 0.6 is 11.6 Å². The first kappa shape index (κ1) is 27.4. The molecule has 5 aromatic rings. The van der Waals surface area contributed by atoms with Crippen LogP contribution in [-0.4, -0.2) is 27.6 Å². The standard InChI is InChI=1S/C33H33ClN4O2/c1-19(2)26-17-27(20(3)15-31(26)40-7)32-36-29-13-9-8-11-25(29)33(39)38(32)35-18-24-16-21(4)37(23(24)6)30-14-10-12-28(34)22(30)5/h8-19H,1-7H3. The molecule has 0 saturated heterocycles. The van der Waals surface area contributed by atoms with E-state index in [2.05, 4.69) is 36.6 Å². The summed E-state index contributed by atoms with van der Waals surface area (Å²) in [6.45, 7) is 12.3. The molecule has 5 rings (SSSR count). The van der Waals surface area contributed by atoms with E-state index in [4.69, 9.17) is 26.4 Å². The molecule has 3 aromatic carbocycles. The molecule has 0 spiro atoms. The van der Waals surface area contributed by atoms with Crippen LogP contribution in [0.25, 0.3) is 28.0 Å². The molecule has 0 saturated carbocycles.